The van der Waals surface area contributed by atoms with Crippen molar-refractivity contribution < 1.29 is 9.13 Å². The zero-order valence-electron chi connectivity index (χ0n) is 9.38. The van der Waals surface area contributed by atoms with Gasteiger partial charge >= 0.3 is 0 Å². The maximum Gasteiger partial charge on any atom is 0.149 e. The monoisotopic (exact) mass is 330 g/mol. The van der Waals surface area contributed by atoms with Crippen molar-refractivity contribution in [3.05, 3.63) is 45.8 Å². The number of anilines is 2. The van der Waals surface area contributed by atoms with Gasteiger partial charge in [-0.2, -0.15) is 0 Å². The Morgan fingerprint density at radius 3 is 2.83 bits per heavy atom. The zero-order valence-corrected chi connectivity index (χ0v) is 11.7. The lowest BCUT2D eigenvalue weighted by molar-refractivity contribution is 0.414. The SMILES string of the molecule is COc1ccc(F)c(Nc2ncc(Br)cc2Cl)c1. The Morgan fingerprint density at radius 1 is 1.39 bits per heavy atom. The third kappa shape index (κ3) is 2.91. The highest BCUT2D eigenvalue weighted by molar-refractivity contribution is 9.10. The second-order valence-electron chi connectivity index (χ2n) is 3.45. The van der Waals surface area contributed by atoms with Gasteiger partial charge in [0.15, 0.2) is 0 Å². The van der Waals surface area contributed by atoms with Gasteiger partial charge in [-0.3, -0.25) is 0 Å². The Kier molecular flexibility index (Phi) is 4.04. The van der Waals surface area contributed by atoms with Crippen molar-refractivity contribution in [3.8, 4) is 5.75 Å². The summed E-state index contributed by atoms with van der Waals surface area (Å²) in [6.07, 6.45) is 1.58. The molecule has 1 aromatic heterocycles. The zero-order chi connectivity index (χ0) is 13.1. The molecule has 2 rings (SSSR count). The Bertz CT molecular complexity index is 580. The number of pyridine rings is 1. The fourth-order valence-electron chi connectivity index (χ4n) is 1.36. The van der Waals surface area contributed by atoms with Gasteiger partial charge in [0.25, 0.3) is 0 Å². The van der Waals surface area contributed by atoms with Gasteiger partial charge in [-0.1, -0.05) is 11.6 Å². The maximum absolute atomic E-state index is 13.6. The smallest absolute Gasteiger partial charge is 0.149 e. The first-order valence-electron chi connectivity index (χ1n) is 5.02. The van der Waals surface area contributed by atoms with Crippen LogP contribution in [-0.2, 0) is 0 Å². The fraction of sp³-hybridized carbons (Fsp3) is 0.0833. The molecule has 0 radical (unpaired) electrons. The van der Waals surface area contributed by atoms with Crippen LogP contribution in [0.3, 0.4) is 0 Å². The van der Waals surface area contributed by atoms with Crippen LogP contribution in [-0.4, -0.2) is 12.1 Å². The van der Waals surface area contributed by atoms with Crippen molar-refractivity contribution in [2.45, 2.75) is 0 Å². The first-order valence-corrected chi connectivity index (χ1v) is 6.19. The van der Waals surface area contributed by atoms with E-state index in [4.69, 9.17) is 16.3 Å². The lowest BCUT2D eigenvalue weighted by Crippen LogP contribution is -1.97. The minimum absolute atomic E-state index is 0.256. The summed E-state index contributed by atoms with van der Waals surface area (Å²) in [5.74, 6) is 0.524. The Labute approximate surface area is 117 Å². The van der Waals surface area contributed by atoms with Crippen molar-refractivity contribution in [1.82, 2.24) is 4.98 Å². The molecule has 18 heavy (non-hydrogen) atoms. The molecule has 0 saturated heterocycles. The number of benzene rings is 1. The van der Waals surface area contributed by atoms with Crippen LogP contribution in [0.1, 0.15) is 0 Å². The van der Waals surface area contributed by atoms with Gasteiger partial charge in [0, 0.05) is 16.7 Å². The van der Waals surface area contributed by atoms with Crippen LogP contribution < -0.4 is 10.1 Å². The molecule has 0 amide bonds. The molecule has 0 spiro atoms. The van der Waals surface area contributed by atoms with Gasteiger partial charge in [-0.15, -0.1) is 0 Å². The lowest BCUT2D eigenvalue weighted by atomic mass is 10.3. The van der Waals surface area contributed by atoms with E-state index in [0.717, 1.165) is 4.47 Å². The van der Waals surface area contributed by atoms with Crippen LogP contribution in [0.5, 0.6) is 5.75 Å². The van der Waals surface area contributed by atoms with E-state index in [1.807, 2.05) is 0 Å². The molecule has 0 aliphatic rings. The standard InChI is InChI=1S/C12H9BrClFN2O/c1-18-8-2-3-10(15)11(5-8)17-12-9(14)4-7(13)6-16-12/h2-6H,1H3,(H,16,17). The molecule has 0 fully saturated rings. The minimum Gasteiger partial charge on any atom is -0.497 e. The first kappa shape index (κ1) is 13.1. The molecule has 6 heteroatoms. The van der Waals surface area contributed by atoms with E-state index in [1.165, 1.54) is 25.3 Å². The number of ether oxygens (including phenoxy) is 1. The summed E-state index contributed by atoms with van der Waals surface area (Å²) in [6, 6.07) is 6.06. The molecule has 0 bridgehead atoms. The Hall–Kier alpha value is -1.33. The number of rotatable bonds is 3. The lowest BCUT2D eigenvalue weighted by Gasteiger charge is -2.10. The van der Waals surface area contributed by atoms with Crippen molar-refractivity contribution in [2.75, 3.05) is 12.4 Å². The van der Waals surface area contributed by atoms with Crippen LogP contribution >= 0.6 is 27.5 Å². The number of hydrogen-bond donors (Lipinski definition) is 1. The summed E-state index contributed by atoms with van der Waals surface area (Å²) >= 11 is 9.25. The normalized spacial score (nSPS) is 10.2. The highest BCUT2D eigenvalue weighted by Gasteiger charge is 2.08. The van der Waals surface area contributed by atoms with E-state index in [-0.39, 0.29) is 5.69 Å². The van der Waals surface area contributed by atoms with Crippen LogP contribution in [0.25, 0.3) is 0 Å². The molecule has 0 aliphatic carbocycles. The molecule has 0 aliphatic heterocycles. The third-order valence-corrected chi connectivity index (χ3v) is 2.96. The van der Waals surface area contributed by atoms with E-state index >= 15 is 0 Å². The number of hydrogen-bond acceptors (Lipinski definition) is 3. The summed E-state index contributed by atoms with van der Waals surface area (Å²) in [5, 5.41) is 3.22. The maximum atomic E-state index is 13.6. The summed E-state index contributed by atoms with van der Waals surface area (Å²) in [7, 11) is 1.52. The van der Waals surface area contributed by atoms with E-state index in [9.17, 15) is 4.39 Å². The minimum atomic E-state index is -0.406. The van der Waals surface area contributed by atoms with Gasteiger partial charge in [0.05, 0.1) is 17.8 Å². The predicted molar refractivity (Wildman–Crippen MR) is 73.2 cm³/mol. The van der Waals surface area contributed by atoms with Crippen molar-refractivity contribution in [3.63, 3.8) is 0 Å². The first-order chi connectivity index (χ1) is 8.60. The second-order valence-corrected chi connectivity index (χ2v) is 4.78. The average Bonchev–Trinajstić information content (AvgIpc) is 2.35. The molecular weight excluding hydrogens is 323 g/mol. The number of halogens is 3. The third-order valence-electron chi connectivity index (χ3n) is 2.23. The molecule has 0 atom stereocenters. The average molecular weight is 332 g/mol. The van der Waals surface area contributed by atoms with Crippen molar-refractivity contribution in [2.24, 2.45) is 0 Å². The molecule has 2 aromatic rings. The van der Waals surface area contributed by atoms with Crippen LogP contribution in [0.15, 0.2) is 34.9 Å². The highest BCUT2D eigenvalue weighted by atomic mass is 79.9. The Morgan fingerprint density at radius 2 is 2.17 bits per heavy atom. The highest BCUT2D eigenvalue weighted by Crippen LogP contribution is 2.28. The number of nitrogens with one attached hydrogen (secondary N) is 1. The van der Waals surface area contributed by atoms with Crippen molar-refractivity contribution in [1.29, 1.82) is 0 Å². The Balaban J connectivity index is 2.33. The largest absolute Gasteiger partial charge is 0.497 e. The van der Waals surface area contributed by atoms with E-state index in [2.05, 4.69) is 26.2 Å². The quantitative estimate of drug-likeness (QED) is 0.906. The van der Waals surface area contributed by atoms with Crippen LogP contribution in [0.2, 0.25) is 5.02 Å². The summed E-state index contributed by atoms with van der Waals surface area (Å²) < 4.78 is 19.4. The number of methoxy groups -OCH3 is 1. The second kappa shape index (κ2) is 5.54. The summed E-state index contributed by atoms with van der Waals surface area (Å²) in [6.45, 7) is 0. The van der Waals surface area contributed by atoms with Crippen LogP contribution in [0, 0.1) is 5.82 Å². The molecule has 3 nitrogen and oxygen atoms in total. The van der Waals surface area contributed by atoms with Gasteiger partial charge < -0.3 is 10.1 Å². The topological polar surface area (TPSA) is 34.1 Å². The van der Waals surface area contributed by atoms with Gasteiger partial charge in [0.2, 0.25) is 0 Å². The number of aromatic nitrogens is 1. The molecule has 1 N–H and O–H groups in total. The number of nitrogens with zero attached hydrogens (tertiary/aromatic N) is 1. The predicted octanol–water partition coefficient (Wildman–Crippen LogP) is 4.39. The van der Waals surface area contributed by atoms with Crippen LogP contribution in [0.4, 0.5) is 15.9 Å². The molecule has 0 unspecified atom stereocenters. The summed E-state index contributed by atoms with van der Waals surface area (Å²) in [4.78, 5) is 4.07. The molecular formula is C12H9BrClFN2O. The van der Waals surface area contributed by atoms with Gasteiger partial charge in [-0.05, 0) is 34.1 Å². The molecule has 1 heterocycles. The molecule has 1 aromatic carbocycles. The van der Waals surface area contributed by atoms with Crippen molar-refractivity contribution >= 4 is 39.0 Å². The van der Waals surface area contributed by atoms with Gasteiger partial charge in [0.1, 0.15) is 17.4 Å². The summed E-state index contributed by atoms with van der Waals surface area (Å²) in [5.41, 5.74) is 0.256. The fourth-order valence-corrected chi connectivity index (χ4v) is 2.04. The molecule has 94 valence electrons. The van der Waals surface area contributed by atoms with E-state index in [1.54, 1.807) is 12.3 Å². The van der Waals surface area contributed by atoms with E-state index < -0.39 is 5.82 Å². The van der Waals surface area contributed by atoms with E-state index in [0.29, 0.717) is 16.6 Å². The van der Waals surface area contributed by atoms with Gasteiger partial charge in [-0.25, -0.2) is 9.37 Å². The molecule has 0 saturated carbocycles.